The van der Waals surface area contributed by atoms with Gasteiger partial charge in [-0.1, -0.05) is 24.3 Å². The lowest BCUT2D eigenvalue weighted by molar-refractivity contribution is 0.105. The summed E-state index contributed by atoms with van der Waals surface area (Å²) < 4.78 is 16.2. The molecule has 0 aliphatic rings. The van der Waals surface area contributed by atoms with Crippen molar-refractivity contribution in [1.82, 2.24) is 0 Å². The van der Waals surface area contributed by atoms with Crippen molar-refractivity contribution in [3.8, 4) is 17.2 Å². The minimum absolute atomic E-state index is 0.211. The van der Waals surface area contributed by atoms with Gasteiger partial charge in [0.15, 0.2) is 11.5 Å². The van der Waals surface area contributed by atoms with Crippen LogP contribution in [0.25, 0.3) is 0 Å². The molecular weight excluding hydrogens is 308 g/mol. The molecule has 0 amide bonds. The van der Waals surface area contributed by atoms with Crippen LogP contribution in [0.5, 0.6) is 17.2 Å². The molecule has 0 aliphatic heterocycles. The van der Waals surface area contributed by atoms with Crippen LogP contribution in [0, 0.1) is 0 Å². The molecule has 0 fully saturated rings. The normalized spacial score (nSPS) is 13.2. The molecule has 0 bridgehead atoms. The van der Waals surface area contributed by atoms with E-state index in [-0.39, 0.29) is 6.61 Å². The highest BCUT2D eigenvalue weighted by Gasteiger charge is 2.25. The number of para-hydroxylation sites is 1. The van der Waals surface area contributed by atoms with Gasteiger partial charge in [0, 0.05) is 11.5 Å². The molecule has 0 saturated heterocycles. The first-order valence-electron chi connectivity index (χ1n) is 7.88. The Labute approximate surface area is 142 Å². The molecule has 0 aromatic heterocycles. The van der Waals surface area contributed by atoms with Gasteiger partial charge in [-0.2, -0.15) is 0 Å². The van der Waals surface area contributed by atoms with Crippen molar-refractivity contribution in [1.29, 1.82) is 0 Å². The van der Waals surface area contributed by atoms with E-state index in [4.69, 9.17) is 14.2 Å². The predicted molar refractivity (Wildman–Crippen MR) is 91.9 cm³/mol. The summed E-state index contributed by atoms with van der Waals surface area (Å²) in [5.74, 6) is 1.29. The molecule has 2 aromatic carbocycles. The molecule has 24 heavy (non-hydrogen) atoms. The molecule has 0 radical (unpaired) electrons. The van der Waals surface area contributed by atoms with Gasteiger partial charge >= 0.3 is 0 Å². The van der Waals surface area contributed by atoms with Crippen molar-refractivity contribution < 1.29 is 24.4 Å². The van der Waals surface area contributed by atoms with Gasteiger partial charge in [0.05, 0.1) is 33.5 Å². The Morgan fingerprint density at radius 2 is 1.67 bits per heavy atom. The highest BCUT2D eigenvalue weighted by molar-refractivity contribution is 5.45. The van der Waals surface area contributed by atoms with Crippen LogP contribution >= 0.6 is 0 Å². The SMILES string of the molecule is CCOc1ccc(C(O)C(CO)c2ccccc2OC)cc1OC. The summed E-state index contributed by atoms with van der Waals surface area (Å²) in [7, 11) is 3.12. The van der Waals surface area contributed by atoms with Crippen LogP contribution in [0.15, 0.2) is 42.5 Å². The van der Waals surface area contributed by atoms with E-state index >= 15 is 0 Å². The van der Waals surface area contributed by atoms with Crippen molar-refractivity contribution in [2.24, 2.45) is 0 Å². The van der Waals surface area contributed by atoms with Crippen molar-refractivity contribution in [3.05, 3.63) is 53.6 Å². The van der Waals surface area contributed by atoms with E-state index in [2.05, 4.69) is 0 Å². The molecule has 2 atom stereocenters. The Morgan fingerprint density at radius 3 is 2.29 bits per heavy atom. The van der Waals surface area contributed by atoms with Gasteiger partial charge in [-0.3, -0.25) is 0 Å². The number of benzene rings is 2. The zero-order valence-electron chi connectivity index (χ0n) is 14.2. The van der Waals surface area contributed by atoms with Crippen molar-refractivity contribution in [2.75, 3.05) is 27.4 Å². The van der Waals surface area contributed by atoms with E-state index in [1.807, 2.05) is 31.2 Å². The molecular formula is C19H24O5. The van der Waals surface area contributed by atoms with Crippen LogP contribution in [-0.2, 0) is 0 Å². The first kappa shape index (κ1) is 18.1. The maximum absolute atomic E-state index is 10.8. The highest BCUT2D eigenvalue weighted by Crippen LogP contribution is 2.38. The van der Waals surface area contributed by atoms with Crippen LogP contribution in [0.2, 0.25) is 0 Å². The van der Waals surface area contributed by atoms with Crippen LogP contribution in [0.1, 0.15) is 30.1 Å². The first-order valence-corrected chi connectivity index (χ1v) is 7.88. The third-order valence-corrected chi connectivity index (χ3v) is 3.95. The fraction of sp³-hybridized carbons (Fsp3) is 0.368. The molecule has 0 aliphatic carbocycles. The fourth-order valence-electron chi connectivity index (χ4n) is 2.72. The minimum atomic E-state index is -0.907. The van der Waals surface area contributed by atoms with Crippen LogP contribution < -0.4 is 14.2 Å². The fourth-order valence-corrected chi connectivity index (χ4v) is 2.72. The molecule has 2 rings (SSSR count). The Balaban J connectivity index is 2.36. The first-order chi connectivity index (χ1) is 11.7. The molecule has 5 heteroatoms. The van der Waals surface area contributed by atoms with E-state index in [9.17, 15) is 10.2 Å². The van der Waals surface area contributed by atoms with Crippen LogP contribution in [0.4, 0.5) is 0 Å². The molecule has 0 spiro atoms. The second-order valence-corrected chi connectivity index (χ2v) is 5.32. The van der Waals surface area contributed by atoms with Gasteiger partial charge in [-0.15, -0.1) is 0 Å². The lowest BCUT2D eigenvalue weighted by Crippen LogP contribution is -2.16. The van der Waals surface area contributed by atoms with Gasteiger partial charge in [0.25, 0.3) is 0 Å². The third-order valence-electron chi connectivity index (χ3n) is 3.95. The second kappa shape index (κ2) is 8.57. The lowest BCUT2D eigenvalue weighted by atomic mass is 9.89. The van der Waals surface area contributed by atoms with Crippen molar-refractivity contribution in [3.63, 3.8) is 0 Å². The summed E-state index contributed by atoms with van der Waals surface area (Å²) in [4.78, 5) is 0. The molecule has 2 unspecified atom stereocenters. The van der Waals surface area contributed by atoms with E-state index in [0.717, 1.165) is 5.56 Å². The Morgan fingerprint density at radius 1 is 0.958 bits per heavy atom. The summed E-state index contributed by atoms with van der Waals surface area (Å²) in [6.45, 7) is 2.21. The number of aliphatic hydroxyl groups excluding tert-OH is 2. The van der Waals surface area contributed by atoms with E-state index in [1.165, 1.54) is 0 Å². The quantitative estimate of drug-likeness (QED) is 0.778. The monoisotopic (exact) mass is 332 g/mol. The van der Waals surface area contributed by atoms with E-state index in [1.54, 1.807) is 32.4 Å². The molecule has 2 N–H and O–H groups in total. The summed E-state index contributed by atoms with van der Waals surface area (Å²) >= 11 is 0. The Kier molecular flexibility index (Phi) is 6.46. The zero-order valence-corrected chi connectivity index (χ0v) is 14.2. The maximum Gasteiger partial charge on any atom is 0.161 e. The van der Waals surface area contributed by atoms with Gasteiger partial charge in [-0.05, 0) is 30.7 Å². The average Bonchev–Trinajstić information content (AvgIpc) is 2.63. The summed E-state index contributed by atoms with van der Waals surface area (Å²) in [5, 5.41) is 20.6. The summed E-state index contributed by atoms with van der Waals surface area (Å²) in [6.07, 6.45) is -0.907. The standard InChI is InChI=1S/C19H24O5/c1-4-24-17-10-9-13(11-18(17)23-3)19(21)15(12-20)14-7-5-6-8-16(14)22-2/h5-11,15,19-21H,4,12H2,1-3H3. The average molecular weight is 332 g/mol. The smallest absolute Gasteiger partial charge is 0.161 e. The molecule has 130 valence electrons. The number of hydrogen-bond donors (Lipinski definition) is 2. The minimum Gasteiger partial charge on any atom is -0.496 e. The number of hydrogen-bond acceptors (Lipinski definition) is 5. The predicted octanol–water partition coefficient (Wildman–Crippen LogP) is 2.91. The maximum atomic E-state index is 10.8. The molecule has 0 heterocycles. The zero-order chi connectivity index (χ0) is 17.5. The largest absolute Gasteiger partial charge is 0.496 e. The highest BCUT2D eigenvalue weighted by atomic mass is 16.5. The van der Waals surface area contributed by atoms with Gasteiger partial charge in [-0.25, -0.2) is 0 Å². The Bertz CT molecular complexity index is 656. The second-order valence-electron chi connectivity index (χ2n) is 5.32. The topological polar surface area (TPSA) is 68.2 Å². The van der Waals surface area contributed by atoms with Crippen molar-refractivity contribution >= 4 is 0 Å². The number of aliphatic hydroxyl groups is 2. The molecule has 2 aromatic rings. The molecule has 5 nitrogen and oxygen atoms in total. The third kappa shape index (κ3) is 3.80. The summed E-state index contributed by atoms with van der Waals surface area (Å²) in [5.41, 5.74) is 1.39. The van der Waals surface area contributed by atoms with Gasteiger partial charge < -0.3 is 24.4 Å². The molecule has 0 saturated carbocycles. The number of rotatable bonds is 8. The van der Waals surface area contributed by atoms with Crippen molar-refractivity contribution in [2.45, 2.75) is 18.9 Å². The summed E-state index contributed by atoms with van der Waals surface area (Å²) in [6, 6.07) is 12.6. The van der Waals surface area contributed by atoms with E-state index < -0.39 is 12.0 Å². The Hall–Kier alpha value is -2.24. The number of methoxy groups -OCH3 is 2. The lowest BCUT2D eigenvalue weighted by Gasteiger charge is -2.24. The van der Waals surface area contributed by atoms with Crippen LogP contribution in [-0.4, -0.2) is 37.6 Å². The van der Waals surface area contributed by atoms with Crippen LogP contribution in [0.3, 0.4) is 0 Å². The number of ether oxygens (including phenoxy) is 3. The van der Waals surface area contributed by atoms with Gasteiger partial charge in [0.1, 0.15) is 5.75 Å². The van der Waals surface area contributed by atoms with E-state index in [0.29, 0.717) is 29.4 Å². The van der Waals surface area contributed by atoms with Gasteiger partial charge in [0.2, 0.25) is 0 Å².